The van der Waals surface area contributed by atoms with E-state index in [1.807, 2.05) is 26.8 Å². The van der Waals surface area contributed by atoms with Crippen LogP contribution in [0.5, 0.6) is 0 Å². The molecule has 6 nitrogen and oxygen atoms in total. The monoisotopic (exact) mass is 428 g/mol. The smallest absolute Gasteiger partial charge is 0.306 e. The molecule has 0 saturated carbocycles. The largest absolute Gasteiger partial charge is 0.326 e. The lowest BCUT2D eigenvalue weighted by Gasteiger charge is -2.17. The van der Waals surface area contributed by atoms with Crippen LogP contribution in [0.15, 0.2) is 18.3 Å². The molecule has 0 unspecified atom stereocenters. The predicted molar refractivity (Wildman–Crippen MR) is 108 cm³/mol. The zero-order valence-electron chi connectivity index (χ0n) is 15.1. The van der Waals surface area contributed by atoms with Gasteiger partial charge in [-0.2, -0.15) is 0 Å². The van der Waals surface area contributed by atoms with Gasteiger partial charge in [0.05, 0.1) is 22.0 Å². The maximum absolute atomic E-state index is 12.4. The summed E-state index contributed by atoms with van der Waals surface area (Å²) >= 11 is 17.5. The van der Waals surface area contributed by atoms with Gasteiger partial charge in [0.15, 0.2) is 0 Å². The van der Waals surface area contributed by atoms with E-state index in [0.717, 1.165) is 24.1 Å². The summed E-state index contributed by atoms with van der Waals surface area (Å²) in [5.41, 5.74) is 2.26. The van der Waals surface area contributed by atoms with E-state index in [4.69, 9.17) is 34.8 Å². The van der Waals surface area contributed by atoms with E-state index < -0.39 is 11.9 Å². The Balaban J connectivity index is 2.23. The first-order chi connectivity index (χ1) is 12.7. The van der Waals surface area contributed by atoms with Crippen LogP contribution in [-0.4, -0.2) is 21.9 Å². The number of urea groups is 1. The van der Waals surface area contributed by atoms with Crippen LogP contribution in [0.2, 0.25) is 15.3 Å². The molecule has 144 valence electrons. The molecule has 0 fully saturated rings. The Labute approximate surface area is 172 Å². The number of hydrogen-bond acceptors (Lipinski definition) is 4. The molecule has 0 radical (unpaired) electrons. The summed E-state index contributed by atoms with van der Waals surface area (Å²) < 4.78 is 0. The highest BCUT2D eigenvalue weighted by atomic mass is 35.5. The van der Waals surface area contributed by atoms with E-state index >= 15 is 0 Å². The predicted octanol–water partition coefficient (Wildman–Crippen LogP) is 5.47. The Morgan fingerprint density at radius 2 is 1.89 bits per heavy atom. The number of aromatic nitrogens is 2. The molecule has 0 aliphatic carbocycles. The van der Waals surface area contributed by atoms with Crippen molar-refractivity contribution in [3.63, 3.8) is 0 Å². The summed E-state index contributed by atoms with van der Waals surface area (Å²) in [6.45, 7) is 6.00. The van der Waals surface area contributed by atoms with Gasteiger partial charge >= 0.3 is 6.03 Å². The van der Waals surface area contributed by atoms with Crippen molar-refractivity contribution in [2.75, 3.05) is 5.32 Å². The molecule has 0 aromatic carbocycles. The van der Waals surface area contributed by atoms with Gasteiger partial charge in [-0.15, -0.1) is 0 Å². The Morgan fingerprint density at radius 3 is 2.52 bits per heavy atom. The molecule has 2 rings (SSSR count). The number of carbonyl (C=O) groups is 2. The van der Waals surface area contributed by atoms with Crippen LogP contribution in [-0.2, 0) is 6.42 Å². The summed E-state index contributed by atoms with van der Waals surface area (Å²) in [7, 11) is 0. The molecule has 2 N–H and O–H groups in total. The topological polar surface area (TPSA) is 84.0 Å². The lowest BCUT2D eigenvalue weighted by atomic mass is 10.0. The average Bonchev–Trinajstić information content (AvgIpc) is 2.59. The minimum atomic E-state index is -0.740. The number of hydrogen-bond donors (Lipinski definition) is 2. The van der Waals surface area contributed by atoms with Gasteiger partial charge in [0, 0.05) is 6.20 Å². The van der Waals surface area contributed by atoms with E-state index in [0.29, 0.717) is 5.69 Å². The number of anilines is 1. The molecule has 3 amide bonds. The maximum atomic E-state index is 12.4. The number of imide groups is 1. The second-order valence-electron chi connectivity index (χ2n) is 6.14. The molecule has 0 bridgehead atoms. The van der Waals surface area contributed by atoms with E-state index in [-0.39, 0.29) is 26.8 Å². The summed E-state index contributed by atoms with van der Waals surface area (Å²) in [6, 6.07) is 2.41. The van der Waals surface area contributed by atoms with E-state index in [1.54, 1.807) is 6.20 Å². The number of aryl methyl sites for hydroxylation is 1. The highest BCUT2D eigenvalue weighted by molar-refractivity contribution is 6.42. The molecule has 0 saturated heterocycles. The third kappa shape index (κ3) is 5.31. The summed E-state index contributed by atoms with van der Waals surface area (Å²) in [4.78, 5) is 32.9. The number of halogens is 3. The van der Waals surface area contributed by atoms with Gasteiger partial charge in [-0.1, -0.05) is 62.0 Å². The molecule has 0 aliphatic heterocycles. The van der Waals surface area contributed by atoms with Crippen molar-refractivity contribution in [2.45, 2.75) is 39.5 Å². The molecule has 0 aliphatic rings. The van der Waals surface area contributed by atoms with Crippen LogP contribution in [0.4, 0.5) is 10.5 Å². The zero-order valence-corrected chi connectivity index (χ0v) is 17.3. The van der Waals surface area contributed by atoms with Crippen LogP contribution in [0.3, 0.4) is 0 Å². The van der Waals surface area contributed by atoms with Crippen LogP contribution in [0.25, 0.3) is 0 Å². The molecule has 0 atom stereocenters. The second kappa shape index (κ2) is 9.35. The standard InChI is InChI=1S/C18H19Cl3N4O2/c1-4-5-10-6-7-22-13(9(2)3)14(10)23-18(27)25-17(26)11-8-12(19)16(21)24-15(11)20/h6-9H,4-5H2,1-3H3,(H2,23,25,26,27). The Kier molecular flexibility index (Phi) is 7.41. The van der Waals surface area contributed by atoms with Crippen molar-refractivity contribution in [1.29, 1.82) is 0 Å². The highest BCUT2D eigenvalue weighted by Gasteiger charge is 2.20. The summed E-state index contributed by atoms with van der Waals surface area (Å²) in [5, 5.41) is 4.85. The van der Waals surface area contributed by atoms with Crippen molar-refractivity contribution < 1.29 is 9.59 Å². The van der Waals surface area contributed by atoms with Crippen LogP contribution in [0, 0.1) is 0 Å². The van der Waals surface area contributed by atoms with Gasteiger partial charge < -0.3 is 5.32 Å². The first kappa shape index (κ1) is 21.4. The molecule has 2 aromatic heterocycles. The number of pyridine rings is 2. The third-order valence-electron chi connectivity index (χ3n) is 3.73. The molecule has 27 heavy (non-hydrogen) atoms. The van der Waals surface area contributed by atoms with E-state index in [9.17, 15) is 9.59 Å². The highest BCUT2D eigenvalue weighted by Crippen LogP contribution is 2.27. The number of nitrogens with zero attached hydrogens (tertiary/aromatic N) is 2. The zero-order chi connectivity index (χ0) is 20.1. The second-order valence-corrected chi connectivity index (χ2v) is 7.27. The molecule has 9 heteroatoms. The van der Waals surface area contributed by atoms with Crippen molar-refractivity contribution >= 4 is 52.4 Å². The minimum Gasteiger partial charge on any atom is -0.306 e. The SMILES string of the molecule is CCCc1ccnc(C(C)C)c1NC(=O)NC(=O)c1cc(Cl)c(Cl)nc1Cl. The normalized spacial score (nSPS) is 10.8. The van der Waals surface area contributed by atoms with Crippen LogP contribution >= 0.6 is 34.8 Å². The number of rotatable bonds is 5. The first-order valence-corrected chi connectivity index (χ1v) is 9.49. The van der Waals surface area contributed by atoms with Gasteiger partial charge in [-0.3, -0.25) is 15.1 Å². The fourth-order valence-corrected chi connectivity index (χ4v) is 3.06. The molecular weight excluding hydrogens is 411 g/mol. The average molecular weight is 430 g/mol. The van der Waals surface area contributed by atoms with Gasteiger partial charge in [0.1, 0.15) is 10.3 Å². The van der Waals surface area contributed by atoms with Crippen molar-refractivity contribution in [3.05, 3.63) is 50.5 Å². The van der Waals surface area contributed by atoms with Crippen molar-refractivity contribution in [3.8, 4) is 0 Å². The molecule has 0 spiro atoms. The lowest BCUT2D eigenvalue weighted by Crippen LogP contribution is -2.35. The molecule has 2 heterocycles. The Bertz CT molecular complexity index is 872. The Hall–Kier alpha value is -1.89. The first-order valence-electron chi connectivity index (χ1n) is 8.36. The van der Waals surface area contributed by atoms with Gasteiger partial charge in [-0.05, 0) is 30.0 Å². The van der Waals surface area contributed by atoms with Gasteiger partial charge in [0.2, 0.25) is 0 Å². The van der Waals surface area contributed by atoms with E-state index in [2.05, 4.69) is 20.6 Å². The third-order valence-corrected chi connectivity index (χ3v) is 4.69. The minimum absolute atomic E-state index is 0.0242. The number of nitrogens with one attached hydrogen (secondary N) is 2. The number of amides is 3. The number of carbonyl (C=O) groups excluding carboxylic acids is 2. The Morgan fingerprint density at radius 1 is 1.19 bits per heavy atom. The fraction of sp³-hybridized carbons (Fsp3) is 0.333. The maximum Gasteiger partial charge on any atom is 0.326 e. The molecule has 2 aromatic rings. The quantitative estimate of drug-likeness (QED) is 0.617. The van der Waals surface area contributed by atoms with Crippen LogP contribution < -0.4 is 10.6 Å². The van der Waals surface area contributed by atoms with E-state index in [1.165, 1.54) is 6.07 Å². The lowest BCUT2D eigenvalue weighted by molar-refractivity contribution is 0.0967. The molecular formula is C18H19Cl3N4O2. The van der Waals surface area contributed by atoms with Crippen molar-refractivity contribution in [2.24, 2.45) is 0 Å². The van der Waals surface area contributed by atoms with Gasteiger partial charge in [0.25, 0.3) is 5.91 Å². The van der Waals surface area contributed by atoms with Crippen molar-refractivity contribution in [1.82, 2.24) is 15.3 Å². The summed E-state index contributed by atoms with van der Waals surface area (Å²) in [5.74, 6) is -0.642. The fourth-order valence-electron chi connectivity index (χ4n) is 2.50. The van der Waals surface area contributed by atoms with Crippen LogP contribution in [0.1, 0.15) is 54.7 Å². The summed E-state index contributed by atoms with van der Waals surface area (Å²) in [6.07, 6.45) is 3.39. The van der Waals surface area contributed by atoms with Gasteiger partial charge in [-0.25, -0.2) is 9.78 Å².